The molecule has 0 atom stereocenters. The molecule has 0 bridgehead atoms. The number of para-hydroxylation sites is 2. The van der Waals surface area contributed by atoms with Crippen LogP contribution in [-0.2, 0) is 19.5 Å². The van der Waals surface area contributed by atoms with Crippen LogP contribution in [-0.4, -0.2) is 48.8 Å². The molecule has 174 valence electrons. The molecule has 2 aromatic heterocycles. The molecular weight excluding hydrogens is 431 g/mol. The molecule has 34 heavy (non-hydrogen) atoms. The van der Waals surface area contributed by atoms with Gasteiger partial charge in [0.15, 0.2) is 5.82 Å². The number of rotatable bonds is 4. The molecule has 1 fully saturated rings. The highest BCUT2D eigenvalue weighted by atomic mass is 19.1. The lowest BCUT2D eigenvalue weighted by atomic mass is 9.90. The lowest BCUT2D eigenvalue weighted by Crippen LogP contribution is -2.33. The second-order valence-corrected chi connectivity index (χ2v) is 9.13. The Balaban J connectivity index is 1.18. The Morgan fingerprint density at radius 1 is 1.00 bits per heavy atom. The first-order valence-corrected chi connectivity index (χ1v) is 12.0. The number of imidazole rings is 1. The summed E-state index contributed by atoms with van der Waals surface area (Å²) in [6, 6.07) is 12.9. The number of fused-ring (bicyclic) bond motifs is 3. The molecular formula is C26H27FN6O. The van der Waals surface area contributed by atoms with E-state index in [1.807, 2.05) is 39.6 Å². The number of aromatic nitrogens is 5. The average Bonchev–Trinajstić information content (AvgIpc) is 3.40. The van der Waals surface area contributed by atoms with E-state index in [9.17, 15) is 9.18 Å². The first kappa shape index (κ1) is 21.0. The Hall–Kier alpha value is -3.52. The first-order chi connectivity index (χ1) is 16.7. The Kier molecular flexibility index (Phi) is 5.37. The lowest BCUT2D eigenvalue weighted by molar-refractivity contribution is 0.249. The van der Waals surface area contributed by atoms with Crippen molar-refractivity contribution in [3.05, 3.63) is 87.6 Å². The molecule has 0 saturated carbocycles. The summed E-state index contributed by atoms with van der Waals surface area (Å²) in [5.74, 6) is 0.701. The van der Waals surface area contributed by atoms with Gasteiger partial charge in [-0.2, -0.15) is 5.10 Å². The van der Waals surface area contributed by atoms with Crippen LogP contribution in [0, 0.1) is 5.82 Å². The van der Waals surface area contributed by atoms with Gasteiger partial charge >= 0.3 is 5.69 Å². The second kappa shape index (κ2) is 8.68. The van der Waals surface area contributed by atoms with Gasteiger partial charge in [-0.05, 0) is 67.6 Å². The van der Waals surface area contributed by atoms with Crippen molar-refractivity contribution in [2.45, 2.75) is 38.8 Å². The maximum absolute atomic E-state index is 14.0. The predicted octanol–water partition coefficient (Wildman–Crippen LogP) is 3.60. The Bertz CT molecular complexity index is 1440. The molecule has 7 nitrogen and oxygen atoms in total. The van der Waals surface area contributed by atoms with Crippen molar-refractivity contribution >= 4 is 16.6 Å². The number of nitrogens with zero attached hydrogens (tertiary/aromatic N) is 5. The number of halogens is 1. The highest BCUT2D eigenvalue weighted by Gasteiger charge is 2.26. The minimum absolute atomic E-state index is 0.0422. The Morgan fingerprint density at radius 3 is 2.74 bits per heavy atom. The first-order valence-electron chi connectivity index (χ1n) is 12.0. The third-order valence-electron chi connectivity index (χ3n) is 7.12. The minimum atomic E-state index is -0.195. The van der Waals surface area contributed by atoms with Crippen LogP contribution >= 0.6 is 0 Å². The van der Waals surface area contributed by atoms with Gasteiger partial charge in [-0.1, -0.05) is 23.8 Å². The number of likely N-dealkylation sites (tertiary alicyclic amines) is 1. The Morgan fingerprint density at radius 2 is 1.85 bits per heavy atom. The van der Waals surface area contributed by atoms with Gasteiger partial charge in [-0.15, -0.1) is 0 Å². The zero-order valence-electron chi connectivity index (χ0n) is 19.0. The number of aromatic amines is 1. The number of hydrogen-bond acceptors (Lipinski definition) is 4. The summed E-state index contributed by atoms with van der Waals surface area (Å²) in [5, 5.41) is 4.41. The fraction of sp³-hybridized carbons (Fsp3) is 0.346. The molecule has 6 rings (SSSR count). The van der Waals surface area contributed by atoms with Gasteiger partial charge in [-0.3, -0.25) is 4.57 Å². The molecule has 2 aromatic carbocycles. The smallest absolute Gasteiger partial charge is 0.306 e. The standard InChI is InChI=1S/C26H27FN6O/c27-20-6-7-21-19(16-20)10-15-33-25(28-17-29-33)24(21)18-8-13-31(14-9-18)11-3-12-32-23-5-2-1-4-22(23)30-26(32)34/h1-2,4-7,16-17H,3,8-15H2,(H,30,34). The molecule has 2 aliphatic rings. The zero-order valence-corrected chi connectivity index (χ0v) is 19.0. The van der Waals surface area contributed by atoms with E-state index in [0.717, 1.165) is 78.9 Å². The van der Waals surface area contributed by atoms with Gasteiger partial charge in [0.2, 0.25) is 0 Å². The third kappa shape index (κ3) is 3.77. The second-order valence-electron chi connectivity index (χ2n) is 9.13. The summed E-state index contributed by atoms with van der Waals surface area (Å²) in [4.78, 5) is 22.3. The van der Waals surface area contributed by atoms with Crippen molar-refractivity contribution in [3.63, 3.8) is 0 Å². The van der Waals surface area contributed by atoms with E-state index in [1.165, 1.54) is 5.57 Å². The molecule has 8 heteroatoms. The van der Waals surface area contributed by atoms with Crippen molar-refractivity contribution in [3.8, 4) is 0 Å². The largest absolute Gasteiger partial charge is 0.326 e. The van der Waals surface area contributed by atoms with Crippen molar-refractivity contribution in [1.82, 2.24) is 29.2 Å². The number of hydrogen-bond donors (Lipinski definition) is 1. The summed E-state index contributed by atoms with van der Waals surface area (Å²) in [5.41, 5.74) is 6.43. The lowest BCUT2D eigenvalue weighted by Gasteiger charge is -2.30. The van der Waals surface area contributed by atoms with E-state index >= 15 is 0 Å². The minimum Gasteiger partial charge on any atom is -0.306 e. The molecule has 4 aromatic rings. The van der Waals surface area contributed by atoms with E-state index in [0.29, 0.717) is 13.1 Å². The van der Waals surface area contributed by atoms with Crippen molar-refractivity contribution in [1.29, 1.82) is 0 Å². The van der Waals surface area contributed by atoms with Gasteiger partial charge in [0.05, 0.1) is 11.0 Å². The molecule has 0 aliphatic carbocycles. The predicted molar refractivity (Wildman–Crippen MR) is 129 cm³/mol. The number of benzene rings is 2. The maximum atomic E-state index is 14.0. The van der Waals surface area contributed by atoms with Gasteiger partial charge in [0, 0.05) is 31.8 Å². The summed E-state index contributed by atoms with van der Waals surface area (Å²) in [6.45, 7) is 4.29. The number of aryl methyl sites for hydroxylation is 3. The fourth-order valence-electron chi connectivity index (χ4n) is 5.41. The maximum Gasteiger partial charge on any atom is 0.326 e. The zero-order chi connectivity index (χ0) is 23.1. The summed E-state index contributed by atoms with van der Waals surface area (Å²) < 4.78 is 17.7. The van der Waals surface area contributed by atoms with E-state index < -0.39 is 0 Å². The monoisotopic (exact) mass is 458 g/mol. The molecule has 0 amide bonds. The summed E-state index contributed by atoms with van der Waals surface area (Å²) in [6.07, 6.45) is 5.19. The van der Waals surface area contributed by atoms with Crippen LogP contribution in [0.1, 0.15) is 36.2 Å². The molecule has 0 unspecified atom stereocenters. The number of H-pyrrole nitrogens is 1. The molecule has 2 aliphatic heterocycles. The van der Waals surface area contributed by atoms with Crippen LogP contribution in [0.15, 0.2) is 59.2 Å². The van der Waals surface area contributed by atoms with Crippen molar-refractivity contribution < 1.29 is 4.39 Å². The van der Waals surface area contributed by atoms with Gasteiger partial charge in [0.25, 0.3) is 0 Å². The molecule has 1 N–H and O–H groups in total. The van der Waals surface area contributed by atoms with Crippen LogP contribution in [0.3, 0.4) is 0 Å². The van der Waals surface area contributed by atoms with Gasteiger partial charge in [0.1, 0.15) is 12.1 Å². The average molecular weight is 459 g/mol. The van der Waals surface area contributed by atoms with Gasteiger partial charge < -0.3 is 9.88 Å². The fourth-order valence-corrected chi connectivity index (χ4v) is 5.41. The molecule has 0 spiro atoms. The number of piperidine rings is 1. The van der Waals surface area contributed by atoms with E-state index in [4.69, 9.17) is 0 Å². The van der Waals surface area contributed by atoms with Crippen LogP contribution < -0.4 is 5.69 Å². The molecule has 1 saturated heterocycles. The molecule has 4 heterocycles. The SMILES string of the molecule is O=c1[nH]c2ccccc2n1CCCN1CCC(=C2c3ccc(F)cc3CCn3ncnc32)CC1. The summed E-state index contributed by atoms with van der Waals surface area (Å²) >= 11 is 0. The van der Waals surface area contributed by atoms with Crippen LogP contribution in [0.25, 0.3) is 16.6 Å². The van der Waals surface area contributed by atoms with E-state index in [-0.39, 0.29) is 11.5 Å². The van der Waals surface area contributed by atoms with Gasteiger partial charge in [-0.25, -0.2) is 18.9 Å². The third-order valence-corrected chi connectivity index (χ3v) is 7.12. The highest BCUT2D eigenvalue weighted by Crippen LogP contribution is 2.35. The normalized spacial score (nSPS) is 16.5. The number of nitrogens with one attached hydrogen (secondary N) is 1. The topological polar surface area (TPSA) is 71.7 Å². The molecule has 0 radical (unpaired) electrons. The van der Waals surface area contributed by atoms with E-state index in [2.05, 4.69) is 20.0 Å². The Labute approximate surface area is 196 Å². The van der Waals surface area contributed by atoms with Crippen molar-refractivity contribution in [2.75, 3.05) is 19.6 Å². The summed E-state index contributed by atoms with van der Waals surface area (Å²) in [7, 11) is 0. The van der Waals surface area contributed by atoms with Crippen molar-refractivity contribution in [2.24, 2.45) is 0 Å². The van der Waals surface area contributed by atoms with E-state index in [1.54, 1.807) is 18.5 Å². The van der Waals surface area contributed by atoms with Crippen LogP contribution in [0.4, 0.5) is 4.39 Å². The van der Waals surface area contributed by atoms with Crippen LogP contribution in [0.5, 0.6) is 0 Å². The highest BCUT2D eigenvalue weighted by molar-refractivity contribution is 5.81. The van der Waals surface area contributed by atoms with Crippen LogP contribution in [0.2, 0.25) is 0 Å². The quantitative estimate of drug-likeness (QED) is 0.507.